The molecule has 0 unspecified atom stereocenters. The van der Waals surface area contributed by atoms with E-state index in [2.05, 4.69) is 15.4 Å². The van der Waals surface area contributed by atoms with Gasteiger partial charge in [0.1, 0.15) is 24.9 Å². The minimum absolute atomic E-state index is 0.101. The summed E-state index contributed by atoms with van der Waals surface area (Å²) in [5, 5.41) is 6.62. The second-order valence-electron chi connectivity index (χ2n) is 6.36. The van der Waals surface area contributed by atoms with Crippen molar-refractivity contribution in [1.82, 2.24) is 34.1 Å². The molecule has 2 atom stereocenters. The number of imidazole rings is 1. The van der Waals surface area contributed by atoms with Crippen LogP contribution in [0.25, 0.3) is 0 Å². The summed E-state index contributed by atoms with van der Waals surface area (Å²) in [5.74, 6) is 0.533. The number of likely N-dealkylation sites (tertiary alicyclic amines) is 1. The summed E-state index contributed by atoms with van der Waals surface area (Å²) in [6.45, 7) is 1.04. The van der Waals surface area contributed by atoms with Gasteiger partial charge in [-0.1, -0.05) is 0 Å². The first-order valence-electron chi connectivity index (χ1n) is 8.13. The van der Waals surface area contributed by atoms with Gasteiger partial charge in [-0.15, -0.1) is 0 Å². The van der Waals surface area contributed by atoms with Crippen LogP contribution >= 0.6 is 0 Å². The summed E-state index contributed by atoms with van der Waals surface area (Å²) in [5.41, 5.74) is -0.351. The third-order valence-electron chi connectivity index (χ3n) is 4.46. The number of alkyl halides is 1. The molecular weight excluding hydrogens is 329 g/mol. The number of hydrogen-bond donors (Lipinski definition) is 1. The Labute approximate surface area is 144 Å². The highest BCUT2D eigenvalue weighted by molar-refractivity contribution is 5.75. The van der Waals surface area contributed by atoms with Crippen LogP contribution in [0.4, 0.5) is 4.39 Å². The third-order valence-corrected chi connectivity index (χ3v) is 4.46. The molecule has 1 N–H and O–H groups in total. The molecule has 2 aromatic rings. The first kappa shape index (κ1) is 17.3. The second kappa shape index (κ2) is 7.18. The van der Waals surface area contributed by atoms with E-state index in [1.807, 2.05) is 22.7 Å². The normalized spacial score (nSPS) is 20.9. The van der Waals surface area contributed by atoms with Crippen LogP contribution in [0.15, 0.2) is 23.5 Å². The van der Waals surface area contributed by atoms with Gasteiger partial charge < -0.3 is 9.88 Å². The smallest absolute Gasteiger partial charge is 0.345 e. The van der Waals surface area contributed by atoms with Crippen LogP contribution in [0.5, 0.6) is 0 Å². The van der Waals surface area contributed by atoms with Gasteiger partial charge in [-0.2, -0.15) is 5.10 Å². The van der Waals surface area contributed by atoms with E-state index in [0.717, 1.165) is 10.5 Å². The summed E-state index contributed by atoms with van der Waals surface area (Å²) >= 11 is 0. The van der Waals surface area contributed by atoms with Gasteiger partial charge in [-0.05, 0) is 6.42 Å². The molecule has 0 saturated carbocycles. The second-order valence-corrected chi connectivity index (χ2v) is 6.36. The molecule has 2 aromatic heterocycles. The number of carbonyl (C=O) groups excluding carboxylic acids is 1. The van der Waals surface area contributed by atoms with Gasteiger partial charge in [0.25, 0.3) is 0 Å². The Bertz CT molecular complexity index is 796. The van der Waals surface area contributed by atoms with Gasteiger partial charge in [0.2, 0.25) is 5.91 Å². The van der Waals surface area contributed by atoms with Gasteiger partial charge in [0.05, 0.1) is 6.54 Å². The van der Waals surface area contributed by atoms with Crippen LogP contribution in [0.1, 0.15) is 12.2 Å². The molecular formula is C15H22FN7O2. The van der Waals surface area contributed by atoms with Crippen molar-refractivity contribution < 1.29 is 9.18 Å². The molecule has 0 bridgehead atoms. The molecule has 3 rings (SSSR count). The highest BCUT2D eigenvalue weighted by atomic mass is 19.1. The van der Waals surface area contributed by atoms with Crippen LogP contribution < -0.4 is 11.0 Å². The van der Waals surface area contributed by atoms with Crippen molar-refractivity contribution in [3.05, 3.63) is 35.0 Å². The quantitative estimate of drug-likeness (QED) is 0.724. The lowest BCUT2D eigenvalue weighted by atomic mass is 10.2. The van der Waals surface area contributed by atoms with Crippen LogP contribution in [-0.2, 0) is 32.0 Å². The SMILES string of the molecule is Cn1ccnc1CN1C[C@@H](F)C[C@H]1CNC(=O)Cn1ncn(C)c1=O. The molecule has 9 nitrogen and oxygen atoms in total. The van der Waals surface area contributed by atoms with Crippen LogP contribution in [0, 0.1) is 0 Å². The molecule has 0 aromatic carbocycles. The molecule has 3 heterocycles. The van der Waals surface area contributed by atoms with E-state index in [0.29, 0.717) is 26.1 Å². The average molecular weight is 351 g/mol. The van der Waals surface area contributed by atoms with Crippen molar-refractivity contribution in [3.8, 4) is 0 Å². The van der Waals surface area contributed by atoms with E-state index < -0.39 is 6.17 Å². The fraction of sp³-hybridized carbons (Fsp3) is 0.600. The zero-order valence-electron chi connectivity index (χ0n) is 14.3. The number of amides is 1. The van der Waals surface area contributed by atoms with Gasteiger partial charge in [0.15, 0.2) is 0 Å². The molecule has 1 amide bonds. The molecule has 1 aliphatic heterocycles. The standard InChI is InChI=1S/C15H22FN7O2/c1-20-4-3-17-13(20)8-22-7-11(16)5-12(22)6-18-14(24)9-23-15(25)21(2)10-19-23/h3-4,10-12H,5-9H2,1-2H3,(H,18,24)/t11-,12-/m0/s1. The predicted molar refractivity (Wildman–Crippen MR) is 87.4 cm³/mol. The van der Waals surface area contributed by atoms with E-state index in [4.69, 9.17) is 0 Å². The van der Waals surface area contributed by atoms with Gasteiger partial charge in [0, 0.05) is 45.6 Å². The zero-order valence-corrected chi connectivity index (χ0v) is 14.3. The third kappa shape index (κ3) is 3.95. The molecule has 25 heavy (non-hydrogen) atoms. The van der Waals surface area contributed by atoms with Crippen molar-refractivity contribution in [2.75, 3.05) is 13.1 Å². The van der Waals surface area contributed by atoms with E-state index in [1.165, 1.54) is 10.9 Å². The van der Waals surface area contributed by atoms with E-state index in [9.17, 15) is 14.0 Å². The summed E-state index contributed by atoms with van der Waals surface area (Å²) in [7, 11) is 3.46. The van der Waals surface area contributed by atoms with Crippen molar-refractivity contribution in [2.24, 2.45) is 14.1 Å². The van der Waals surface area contributed by atoms with Crippen LogP contribution in [-0.4, -0.2) is 60.0 Å². The molecule has 136 valence electrons. The highest BCUT2D eigenvalue weighted by Gasteiger charge is 2.32. The van der Waals surface area contributed by atoms with Crippen LogP contribution in [0.3, 0.4) is 0 Å². The molecule has 1 saturated heterocycles. The number of carbonyl (C=O) groups is 1. The van der Waals surface area contributed by atoms with E-state index in [-0.39, 0.29) is 24.2 Å². The Morgan fingerprint density at radius 1 is 1.40 bits per heavy atom. The molecule has 0 aliphatic carbocycles. The minimum atomic E-state index is -0.916. The fourth-order valence-corrected chi connectivity index (χ4v) is 3.01. The minimum Gasteiger partial charge on any atom is -0.353 e. The lowest BCUT2D eigenvalue weighted by Crippen LogP contribution is -2.42. The largest absolute Gasteiger partial charge is 0.353 e. The average Bonchev–Trinajstić information content (AvgIpc) is 3.22. The van der Waals surface area contributed by atoms with Gasteiger partial charge in [-0.25, -0.2) is 18.9 Å². The monoisotopic (exact) mass is 351 g/mol. The predicted octanol–water partition coefficient (Wildman–Crippen LogP) is -0.956. The Morgan fingerprint density at radius 2 is 2.20 bits per heavy atom. The topological polar surface area (TPSA) is 90.0 Å². The maximum absolute atomic E-state index is 13.8. The summed E-state index contributed by atoms with van der Waals surface area (Å²) in [4.78, 5) is 30.0. The first-order valence-corrected chi connectivity index (χ1v) is 8.13. The molecule has 0 spiro atoms. The van der Waals surface area contributed by atoms with Gasteiger partial charge >= 0.3 is 5.69 Å². The van der Waals surface area contributed by atoms with Crippen molar-refractivity contribution in [1.29, 1.82) is 0 Å². The Hall–Kier alpha value is -2.49. The summed E-state index contributed by atoms with van der Waals surface area (Å²) < 4.78 is 18.1. The number of nitrogens with zero attached hydrogens (tertiary/aromatic N) is 6. The van der Waals surface area contributed by atoms with Gasteiger partial charge in [-0.3, -0.25) is 14.3 Å². The molecule has 1 fully saturated rings. The Morgan fingerprint density at radius 3 is 2.84 bits per heavy atom. The number of rotatable bonds is 6. The number of aromatic nitrogens is 5. The van der Waals surface area contributed by atoms with Crippen molar-refractivity contribution in [2.45, 2.75) is 31.7 Å². The number of halogens is 1. The first-order chi connectivity index (χ1) is 11.9. The fourth-order valence-electron chi connectivity index (χ4n) is 3.01. The Kier molecular flexibility index (Phi) is 4.98. The maximum Gasteiger partial charge on any atom is 0.345 e. The lowest BCUT2D eigenvalue weighted by Gasteiger charge is -2.23. The lowest BCUT2D eigenvalue weighted by molar-refractivity contribution is -0.122. The number of nitrogens with one attached hydrogen (secondary N) is 1. The number of hydrogen-bond acceptors (Lipinski definition) is 5. The Balaban J connectivity index is 1.55. The summed E-state index contributed by atoms with van der Waals surface area (Å²) in [6, 6.07) is -0.101. The van der Waals surface area contributed by atoms with Crippen LogP contribution in [0.2, 0.25) is 0 Å². The summed E-state index contributed by atoms with van der Waals surface area (Å²) in [6.07, 6.45) is 4.36. The van der Waals surface area contributed by atoms with Crippen molar-refractivity contribution in [3.63, 3.8) is 0 Å². The molecule has 10 heteroatoms. The highest BCUT2D eigenvalue weighted by Crippen LogP contribution is 2.21. The zero-order chi connectivity index (χ0) is 18.0. The molecule has 0 radical (unpaired) electrons. The van der Waals surface area contributed by atoms with Crippen molar-refractivity contribution >= 4 is 5.91 Å². The maximum atomic E-state index is 13.8. The van der Waals surface area contributed by atoms with E-state index >= 15 is 0 Å². The molecule has 1 aliphatic rings. The number of aryl methyl sites for hydroxylation is 2. The van der Waals surface area contributed by atoms with E-state index in [1.54, 1.807) is 13.2 Å².